The first-order chi connectivity index (χ1) is 8.43. The summed E-state index contributed by atoms with van der Waals surface area (Å²) in [7, 11) is 0. The number of nitrogens with zero attached hydrogens (tertiary/aromatic N) is 2. The minimum absolute atomic E-state index is 1.05. The quantitative estimate of drug-likeness (QED) is 0.477. The van der Waals surface area contributed by atoms with E-state index in [9.17, 15) is 0 Å². The van der Waals surface area contributed by atoms with Crippen molar-refractivity contribution in [2.75, 3.05) is 0 Å². The van der Waals surface area contributed by atoms with Gasteiger partial charge in [-0.25, -0.2) is 0 Å². The van der Waals surface area contributed by atoms with Crippen LogP contribution in [0.15, 0.2) is 60.8 Å². The number of rotatable bonds is 1. The van der Waals surface area contributed by atoms with Crippen molar-refractivity contribution in [1.82, 2.24) is 9.38 Å². The van der Waals surface area contributed by atoms with Gasteiger partial charge in [-0.15, -0.1) is 0 Å². The molecular weight excluding hydrogens is 208 g/mol. The second-order valence-electron chi connectivity index (χ2n) is 4.21. The van der Waals surface area contributed by atoms with Crippen molar-refractivity contribution in [3.63, 3.8) is 0 Å². The average Bonchev–Trinajstić information content (AvgIpc) is 2.99. The lowest BCUT2D eigenvalue weighted by Crippen LogP contribution is -1.90. The fourth-order valence-electron chi connectivity index (χ4n) is 2.42. The zero-order valence-corrected chi connectivity index (χ0v) is 9.17. The number of benzene rings is 1. The van der Waals surface area contributed by atoms with Crippen LogP contribution in [-0.2, 0) is 0 Å². The van der Waals surface area contributed by atoms with E-state index >= 15 is 0 Å². The van der Waals surface area contributed by atoms with E-state index in [1.807, 2.05) is 24.4 Å². The fourth-order valence-corrected chi connectivity index (χ4v) is 2.42. The zero-order chi connectivity index (χ0) is 11.2. The summed E-state index contributed by atoms with van der Waals surface area (Å²) < 4.78 is 2.25. The molecule has 0 radical (unpaired) electrons. The summed E-state index contributed by atoms with van der Waals surface area (Å²) in [4.78, 5) is 4.58. The van der Waals surface area contributed by atoms with Crippen molar-refractivity contribution in [3.8, 4) is 11.3 Å². The van der Waals surface area contributed by atoms with Crippen molar-refractivity contribution in [2.45, 2.75) is 0 Å². The number of aromatic nitrogens is 2. The molecule has 0 amide bonds. The molecule has 0 spiro atoms. The lowest BCUT2D eigenvalue weighted by atomic mass is 10.1. The molecule has 0 aliphatic carbocycles. The standard InChI is InChI=1S/C15H10N2/c1-2-4-11(5-3-1)15-14-9-8-12-6-7-13(10-16-15)17(12)14/h1-10H. The molecule has 2 heteroatoms. The second-order valence-corrected chi connectivity index (χ2v) is 4.21. The first kappa shape index (κ1) is 8.76. The van der Waals surface area contributed by atoms with Crippen molar-refractivity contribution >= 4 is 16.6 Å². The Bertz CT molecular complexity index is 784. The highest BCUT2D eigenvalue weighted by molar-refractivity contribution is 5.84. The van der Waals surface area contributed by atoms with Gasteiger partial charge in [0.25, 0.3) is 0 Å². The molecule has 0 fully saturated rings. The highest BCUT2D eigenvalue weighted by atomic mass is 14.9. The topological polar surface area (TPSA) is 17.3 Å². The SMILES string of the molecule is c1ccc(-c2ncc3ccc4ccc2n43)cc1. The third-order valence-corrected chi connectivity index (χ3v) is 3.21. The Balaban J connectivity index is 2.14. The minimum atomic E-state index is 1.05. The van der Waals surface area contributed by atoms with Crippen molar-refractivity contribution in [2.24, 2.45) is 0 Å². The molecule has 0 saturated carbocycles. The maximum Gasteiger partial charge on any atom is 0.0943 e. The Hall–Kier alpha value is -2.35. The van der Waals surface area contributed by atoms with Crippen LogP contribution in [0, 0.1) is 0 Å². The molecule has 4 aromatic rings. The summed E-state index contributed by atoms with van der Waals surface area (Å²) in [5.41, 5.74) is 5.77. The minimum Gasteiger partial charge on any atom is -0.307 e. The third-order valence-electron chi connectivity index (χ3n) is 3.21. The van der Waals surface area contributed by atoms with Gasteiger partial charge >= 0.3 is 0 Å². The predicted octanol–water partition coefficient (Wildman–Crippen LogP) is 3.59. The van der Waals surface area contributed by atoms with Crippen LogP contribution >= 0.6 is 0 Å². The maximum atomic E-state index is 4.58. The lowest BCUT2D eigenvalue weighted by Gasteiger charge is -2.04. The van der Waals surface area contributed by atoms with Crippen LogP contribution in [0.4, 0.5) is 0 Å². The van der Waals surface area contributed by atoms with Crippen LogP contribution in [0.5, 0.6) is 0 Å². The largest absolute Gasteiger partial charge is 0.307 e. The summed E-state index contributed by atoms with van der Waals surface area (Å²) in [5.74, 6) is 0. The third kappa shape index (κ3) is 1.12. The number of hydrogen-bond donors (Lipinski definition) is 0. The van der Waals surface area contributed by atoms with Crippen LogP contribution in [0.2, 0.25) is 0 Å². The molecule has 4 rings (SSSR count). The van der Waals surface area contributed by atoms with Gasteiger partial charge in [-0.2, -0.15) is 0 Å². The highest BCUT2D eigenvalue weighted by Gasteiger charge is 2.09. The van der Waals surface area contributed by atoms with Crippen LogP contribution in [0.1, 0.15) is 0 Å². The molecule has 0 N–H and O–H groups in total. The van der Waals surface area contributed by atoms with E-state index < -0.39 is 0 Å². The van der Waals surface area contributed by atoms with E-state index in [-0.39, 0.29) is 0 Å². The molecule has 1 aromatic carbocycles. The number of hydrogen-bond acceptors (Lipinski definition) is 1. The van der Waals surface area contributed by atoms with Crippen LogP contribution in [-0.4, -0.2) is 9.38 Å². The molecule has 0 unspecified atom stereocenters. The van der Waals surface area contributed by atoms with Crippen LogP contribution in [0.3, 0.4) is 0 Å². The van der Waals surface area contributed by atoms with Gasteiger partial charge < -0.3 is 4.40 Å². The summed E-state index contributed by atoms with van der Waals surface area (Å²) in [6.07, 6.45) is 1.93. The fraction of sp³-hybridized carbons (Fsp3) is 0. The van der Waals surface area contributed by atoms with Gasteiger partial charge in [-0.05, 0) is 24.3 Å². The molecule has 0 atom stereocenters. The maximum absolute atomic E-state index is 4.58. The Kier molecular flexibility index (Phi) is 1.59. The molecule has 80 valence electrons. The second kappa shape index (κ2) is 3.08. The van der Waals surface area contributed by atoms with Gasteiger partial charge in [0.2, 0.25) is 0 Å². The molecule has 0 aliphatic rings. The van der Waals surface area contributed by atoms with Crippen molar-refractivity contribution in [1.29, 1.82) is 0 Å². The molecule has 3 aromatic heterocycles. The molecule has 0 aliphatic heterocycles. The molecular formula is C15H10N2. The van der Waals surface area contributed by atoms with Gasteiger partial charge in [0, 0.05) is 11.1 Å². The van der Waals surface area contributed by atoms with E-state index in [2.05, 4.69) is 45.8 Å². The first-order valence-electron chi connectivity index (χ1n) is 5.67. The summed E-state index contributed by atoms with van der Waals surface area (Å²) in [6, 6.07) is 18.8. The van der Waals surface area contributed by atoms with Gasteiger partial charge in [0.1, 0.15) is 0 Å². The van der Waals surface area contributed by atoms with Gasteiger partial charge in [-0.1, -0.05) is 30.3 Å². The Morgan fingerprint density at radius 1 is 0.765 bits per heavy atom. The predicted molar refractivity (Wildman–Crippen MR) is 69.3 cm³/mol. The monoisotopic (exact) mass is 218 g/mol. The van der Waals surface area contributed by atoms with Crippen LogP contribution < -0.4 is 0 Å². The van der Waals surface area contributed by atoms with Crippen molar-refractivity contribution in [3.05, 3.63) is 60.8 Å². The van der Waals surface area contributed by atoms with E-state index in [1.165, 1.54) is 11.0 Å². The van der Waals surface area contributed by atoms with E-state index in [0.29, 0.717) is 0 Å². The summed E-state index contributed by atoms with van der Waals surface area (Å²) in [5, 5.41) is 0. The molecule has 2 nitrogen and oxygen atoms in total. The Morgan fingerprint density at radius 3 is 2.41 bits per heavy atom. The molecule has 0 bridgehead atoms. The van der Waals surface area contributed by atoms with E-state index in [1.54, 1.807) is 0 Å². The Morgan fingerprint density at radius 2 is 1.53 bits per heavy atom. The van der Waals surface area contributed by atoms with E-state index in [4.69, 9.17) is 0 Å². The Labute approximate surface area is 98.5 Å². The van der Waals surface area contributed by atoms with Gasteiger partial charge in [0.05, 0.1) is 22.9 Å². The average molecular weight is 218 g/mol. The smallest absolute Gasteiger partial charge is 0.0943 e. The normalized spacial score (nSPS) is 11.5. The lowest BCUT2D eigenvalue weighted by molar-refractivity contribution is 1.25. The molecule has 3 heterocycles. The highest BCUT2D eigenvalue weighted by Crippen LogP contribution is 2.27. The van der Waals surface area contributed by atoms with Crippen LogP contribution in [0.25, 0.3) is 27.8 Å². The first-order valence-corrected chi connectivity index (χ1v) is 5.67. The van der Waals surface area contributed by atoms with Crippen molar-refractivity contribution < 1.29 is 0 Å². The van der Waals surface area contributed by atoms with E-state index in [0.717, 1.165) is 16.8 Å². The van der Waals surface area contributed by atoms with Gasteiger partial charge in [0.15, 0.2) is 0 Å². The molecule has 0 saturated heterocycles. The van der Waals surface area contributed by atoms with Gasteiger partial charge in [-0.3, -0.25) is 4.98 Å². The summed E-state index contributed by atoms with van der Waals surface area (Å²) in [6.45, 7) is 0. The molecule has 17 heavy (non-hydrogen) atoms. The zero-order valence-electron chi connectivity index (χ0n) is 9.17. The summed E-state index contributed by atoms with van der Waals surface area (Å²) >= 11 is 0.